The molecule has 0 amide bonds. The first-order chi connectivity index (χ1) is 16.0. The normalized spacial score (nSPS) is 52.5. The zero-order chi connectivity index (χ0) is 25.3. The summed E-state index contributed by atoms with van der Waals surface area (Å²) in [5, 5.41) is 101. The minimum absolute atomic E-state index is 0.0446. The van der Waals surface area contributed by atoms with Crippen molar-refractivity contribution in [1.29, 1.82) is 0 Å². The van der Waals surface area contributed by atoms with Crippen LogP contribution in [0.2, 0.25) is 0 Å². The second-order valence-electron chi connectivity index (χ2n) is 10.3. The van der Waals surface area contributed by atoms with Gasteiger partial charge in [-0.15, -0.1) is 0 Å². The van der Waals surface area contributed by atoms with Gasteiger partial charge < -0.3 is 60.5 Å². The third-order valence-corrected chi connectivity index (χ3v) is 7.92. The lowest BCUT2D eigenvalue weighted by Crippen LogP contribution is -2.58. The van der Waals surface area contributed by atoms with E-state index in [-0.39, 0.29) is 32.0 Å². The van der Waals surface area contributed by atoms with E-state index in [0.29, 0.717) is 6.42 Å². The second kappa shape index (κ2) is 11.7. The lowest BCUT2D eigenvalue weighted by atomic mass is 9.76. The van der Waals surface area contributed by atoms with Gasteiger partial charge in [0.1, 0.15) is 30.5 Å². The summed E-state index contributed by atoms with van der Waals surface area (Å²) in [5.74, 6) is -2.16. The molecule has 0 radical (unpaired) electrons. The fraction of sp³-hybridized carbons (Fsp3) is 1.00. The highest BCUT2D eigenvalue weighted by Crippen LogP contribution is 2.34. The summed E-state index contributed by atoms with van der Waals surface area (Å²) in [6.45, 7) is 1.14. The molecule has 34 heavy (non-hydrogen) atoms. The molecule has 200 valence electrons. The van der Waals surface area contributed by atoms with E-state index < -0.39 is 91.5 Å². The fourth-order valence-corrected chi connectivity index (χ4v) is 5.47. The molecule has 12 nitrogen and oxygen atoms in total. The number of rotatable bonds is 7. The van der Waals surface area contributed by atoms with Crippen LogP contribution < -0.4 is 0 Å². The van der Waals surface area contributed by atoms with Crippen LogP contribution in [0.3, 0.4) is 0 Å². The molecule has 3 aliphatic carbocycles. The van der Waals surface area contributed by atoms with Crippen LogP contribution in [0.5, 0.6) is 0 Å². The van der Waals surface area contributed by atoms with Gasteiger partial charge in [-0.1, -0.05) is 6.92 Å². The molecule has 3 aliphatic rings. The lowest BCUT2D eigenvalue weighted by molar-refractivity contribution is -0.210. The monoisotopic (exact) mass is 496 g/mol. The highest BCUT2D eigenvalue weighted by Gasteiger charge is 2.47. The van der Waals surface area contributed by atoms with Gasteiger partial charge in [-0.05, 0) is 25.2 Å². The predicted octanol–water partition coefficient (Wildman–Crippen LogP) is -4.31. The van der Waals surface area contributed by atoms with Crippen molar-refractivity contribution >= 4 is 0 Å². The molecule has 10 N–H and O–H groups in total. The highest BCUT2D eigenvalue weighted by atomic mass is 16.5. The van der Waals surface area contributed by atoms with Gasteiger partial charge in [-0.3, -0.25) is 0 Å². The Hall–Kier alpha value is -0.480. The summed E-state index contributed by atoms with van der Waals surface area (Å²) in [7, 11) is 0. The van der Waals surface area contributed by atoms with Crippen LogP contribution in [-0.4, -0.2) is 138 Å². The summed E-state index contributed by atoms with van der Waals surface area (Å²) >= 11 is 0. The van der Waals surface area contributed by atoms with Gasteiger partial charge in [0.2, 0.25) is 0 Å². The molecule has 0 bridgehead atoms. The first-order valence-corrected chi connectivity index (χ1v) is 11.9. The Labute approximate surface area is 198 Å². The maximum Gasteiger partial charge on any atom is 0.109 e. The first kappa shape index (κ1) is 28.1. The Kier molecular flexibility index (Phi) is 9.68. The van der Waals surface area contributed by atoms with E-state index in [2.05, 4.69) is 0 Å². The third kappa shape index (κ3) is 5.74. The number of ether oxygens (including phenoxy) is 2. The van der Waals surface area contributed by atoms with Gasteiger partial charge in [-0.2, -0.15) is 0 Å². The molecule has 3 rings (SSSR count). The molecule has 0 aromatic carbocycles. The van der Waals surface area contributed by atoms with Crippen LogP contribution in [0.4, 0.5) is 0 Å². The smallest absolute Gasteiger partial charge is 0.109 e. The van der Waals surface area contributed by atoms with Crippen molar-refractivity contribution < 1.29 is 60.5 Å². The molecule has 0 spiro atoms. The summed E-state index contributed by atoms with van der Waals surface area (Å²) in [6, 6.07) is 0. The number of hydrogen-bond acceptors (Lipinski definition) is 12. The molecule has 0 aliphatic heterocycles. The first-order valence-electron chi connectivity index (χ1n) is 11.9. The van der Waals surface area contributed by atoms with Crippen LogP contribution in [0.25, 0.3) is 0 Å². The van der Waals surface area contributed by atoms with Crippen LogP contribution in [-0.2, 0) is 9.47 Å². The van der Waals surface area contributed by atoms with Crippen molar-refractivity contribution in [2.24, 2.45) is 23.7 Å². The Morgan fingerprint density at radius 3 is 1.35 bits per heavy atom. The van der Waals surface area contributed by atoms with E-state index in [1.54, 1.807) is 6.92 Å². The van der Waals surface area contributed by atoms with Gasteiger partial charge >= 0.3 is 0 Å². The number of hydrogen-bond donors (Lipinski definition) is 10. The SMILES string of the molecule is CC1CC(COC2CC(COC3CC(CO)C(O)C(O)C3O)C(O)C(O)C2O)C(O)C(O)C1O. The van der Waals surface area contributed by atoms with Crippen molar-refractivity contribution in [2.45, 2.75) is 93.3 Å². The van der Waals surface area contributed by atoms with Crippen LogP contribution in [0, 0.1) is 23.7 Å². The minimum Gasteiger partial charge on any atom is -0.396 e. The fourth-order valence-electron chi connectivity index (χ4n) is 5.47. The molecule has 12 heteroatoms. The van der Waals surface area contributed by atoms with E-state index in [0.717, 1.165) is 0 Å². The highest BCUT2D eigenvalue weighted by molar-refractivity contribution is 4.96. The predicted molar refractivity (Wildman–Crippen MR) is 114 cm³/mol. The number of aliphatic hydroxyl groups is 10. The molecular formula is C22H40O12. The van der Waals surface area contributed by atoms with Crippen molar-refractivity contribution in [2.75, 3.05) is 19.8 Å². The quantitative estimate of drug-likeness (QED) is 0.162. The van der Waals surface area contributed by atoms with Crippen molar-refractivity contribution in [3.8, 4) is 0 Å². The lowest BCUT2D eigenvalue weighted by Gasteiger charge is -2.44. The van der Waals surface area contributed by atoms with E-state index in [9.17, 15) is 51.1 Å². The standard InChI is InChI=1S/C22H40O12/c1-8-2-10(16(26)20(30)14(8)24)6-33-13-4-11(17(27)22(32)19(13)29)7-34-12-3-9(5-23)15(25)21(31)18(12)28/h8-32H,2-7H2,1H3. The molecule has 0 aromatic rings. The van der Waals surface area contributed by atoms with Crippen LogP contribution in [0.1, 0.15) is 26.2 Å². The topological polar surface area (TPSA) is 221 Å². The summed E-state index contributed by atoms with van der Waals surface area (Å²) in [4.78, 5) is 0. The van der Waals surface area contributed by atoms with Gasteiger partial charge in [0.25, 0.3) is 0 Å². The molecule has 0 heterocycles. The van der Waals surface area contributed by atoms with Gasteiger partial charge in [0.05, 0.1) is 49.8 Å². The number of aliphatic hydroxyl groups excluding tert-OH is 10. The van der Waals surface area contributed by atoms with E-state index in [4.69, 9.17) is 9.47 Å². The molecule has 15 atom stereocenters. The van der Waals surface area contributed by atoms with Crippen LogP contribution in [0.15, 0.2) is 0 Å². The molecular weight excluding hydrogens is 456 g/mol. The largest absolute Gasteiger partial charge is 0.396 e. The Morgan fingerprint density at radius 1 is 0.500 bits per heavy atom. The van der Waals surface area contributed by atoms with Gasteiger partial charge in [0, 0.05) is 24.4 Å². The van der Waals surface area contributed by atoms with E-state index in [1.807, 2.05) is 0 Å². The Morgan fingerprint density at radius 2 is 0.882 bits per heavy atom. The zero-order valence-corrected chi connectivity index (χ0v) is 19.2. The molecule has 3 fully saturated rings. The van der Waals surface area contributed by atoms with E-state index >= 15 is 0 Å². The maximum absolute atomic E-state index is 10.4. The summed E-state index contributed by atoms with van der Waals surface area (Å²) in [5.41, 5.74) is 0. The molecule has 0 aromatic heterocycles. The van der Waals surface area contributed by atoms with Gasteiger partial charge in [0.15, 0.2) is 0 Å². The maximum atomic E-state index is 10.4. The second-order valence-corrected chi connectivity index (χ2v) is 10.3. The Balaban J connectivity index is 1.58. The average Bonchev–Trinajstić information content (AvgIpc) is 2.82. The summed E-state index contributed by atoms with van der Waals surface area (Å²) in [6.07, 6.45) is -13.4. The van der Waals surface area contributed by atoms with Crippen molar-refractivity contribution in [1.82, 2.24) is 0 Å². The third-order valence-electron chi connectivity index (χ3n) is 7.92. The van der Waals surface area contributed by atoms with Crippen LogP contribution >= 0.6 is 0 Å². The molecule has 15 unspecified atom stereocenters. The Bertz CT molecular complexity index is 637. The minimum atomic E-state index is -1.54. The van der Waals surface area contributed by atoms with E-state index in [1.165, 1.54) is 0 Å². The van der Waals surface area contributed by atoms with Crippen molar-refractivity contribution in [3.63, 3.8) is 0 Å². The summed E-state index contributed by atoms with van der Waals surface area (Å²) < 4.78 is 11.5. The molecule has 3 saturated carbocycles. The molecule has 0 saturated heterocycles. The van der Waals surface area contributed by atoms with Gasteiger partial charge in [-0.25, -0.2) is 0 Å². The zero-order valence-electron chi connectivity index (χ0n) is 19.2. The average molecular weight is 497 g/mol. The van der Waals surface area contributed by atoms with Crippen molar-refractivity contribution in [3.05, 3.63) is 0 Å².